The van der Waals surface area contributed by atoms with Gasteiger partial charge < -0.3 is 13.6 Å². The van der Waals surface area contributed by atoms with Crippen molar-refractivity contribution in [1.82, 2.24) is 14.1 Å². The Bertz CT molecular complexity index is 9010. The van der Waals surface area contributed by atoms with Gasteiger partial charge in [-0.3, -0.25) is 4.98 Å². The monoisotopic (exact) mass is 1510 g/mol. The smallest absolute Gasteiger partial charge is 0.146 e. The Morgan fingerprint density at radius 3 is 1.31 bits per heavy atom. The van der Waals surface area contributed by atoms with Crippen LogP contribution in [-0.4, -0.2) is 14.1 Å². The lowest BCUT2D eigenvalue weighted by Crippen LogP contribution is -1.96. The SMILES string of the molecule is c1cc2ccc3ccc(-n4c5ccccc5c5cc(-c6cncc7c6oc6cc8c9ccccc9c9ccccc9c8cc67)ccc54)c4ccc(c1)c2c34.c1ccc(-n2c3ccccc3c3cc(-c4cc(-c5ccc6c(ccc7ccccc76)c5)cc(-c5ccc6sc7cc8c9ccccc9c9ccccc9c8cc7c6c5)c4)ccc32)cc1. The summed E-state index contributed by atoms with van der Waals surface area (Å²) in [7, 11) is 0. The average molecular weight is 1510 g/mol. The van der Waals surface area contributed by atoms with E-state index in [0.29, 0.717) is 0 Å². The maximum atomic E-state index is 6.84. The summed E-state index contributed by atoms with van der Waals surface area (Å²) in [6, 6.07) is 142. The molecule has 0 saturated heterocycles. The molecule has 0 bridgehead atoms. The van der Waals surface area contributed by atoms with Crippen molar-refractivity contribution >= 4 is 216 Å². The molecule has 0 aliphatic rings. The number of rotatable bonds is 6. The Labute approximate surface area is 679 Å². The van der Waals surface area contributed by atoms with Crippen LogP contribution in [0.3, 0.4) is 0 Å². The van der Waals surface area contributed by atoms with Crippen molar-refractivity contribution in [2.45, 2.75) is 0 Å². The zero-order valence-electron chi connectivity index (χ0n) is 63.7. The van der Waals surface area contributed by atoms with Crippen molar-refractivity contribution in [3.05, 3.63) is 395 Å². The minimum Gasteiger partial charge on any atom is -0.455 e. The van der Waals surface area contributed by atoms with E-state index in [0.717, 1.165) is 33.1 Å². The van der Waals surface area contributed by atoms with Gasteiger partial charge in [-0.1, -0.05) is 267 Å². The summed E-state index contributed by atoms with van der Waals surface area (Å²) >= 11 is 1.90. The predicted octanol–water partition coefficient (Wildman–Crippen LogP) is 32.0. The standard InChI is InChI=1S/C62H37NS.C51H28N2O/c1-2-13-46(14-3-1)63-59-21-11-10-20-53(59)56-34-40(25-28-60(56)63)44-31-43(39-24-27-48-42(30-39)23-22-38-12-4-5-15-47(38)48)32-45(33-44)41-26-29-61-57(35-41)58-36-54-51-18-8-6-16-49(51)50-17-7-9-19-52(50)55(54)37-62(58)64-61;1-3-12-35-33(10-1)34-11-2-4-13-36(34)40-26-48-42(25-39(35)40)44-28-52-27-43(51(44)54-48)32-20-23-47-41(24-32)37-14-5-6-15-45(37)53(47)46-22-19-31-17-16-29-8-7-9-30-18-21-38(46)50(31)49(29)30/h1-37H;1-28H. The molecule has 0 fully saturated rings. The van der Waals surface area contributed by atoms with Gasteiger partial charge in [-0.05, 0) is 267 Å². The van der Waals surface area contributed by atoms with Gasteiger partial charge in [-0.25, -0.2) is 0 Å². The van der Waals surface area contributed by atoms with Crippen molar-refractivity contribution in [1.29, 1.82) is 0 Å². The summed E-state index contributed by atoms with van der Waals surface area (Å²) in [6.45, 7) is 0. The van der Waals surface area contributed by atoms with Crippen molar-refractivity contribution in [2.75, 3.05) is 0 Å². The maximum Gasteiger partial charge on any atom is 0.146 e. The molecule has 0 N–H and O–H groups in total. The van der Waals surface area contributed by atoms with Gasteiger partial charge in [0, 0.05) is 81.5 Å². The first kappa shape index (κ1) is 65.2. The normalized spacial score (nSPS) is 12.2. The van der Waals surface area contributed by atoms with E-state index in [1.165, 1.54) is 227 Å². The molecule has 27 rings (SSSR count). The van der Waals surface area contributed by atoms with E-state index in [2.05, 4.69) is 391 Å². The van der Waals surface area contributed by atoms with E-state index < -0.39 is 0 Å². The molecule has 22 aromatic carbocycles. The van der Waals surface area contributed by atoms with Crippen LogP contribution in [0.1, 0.15) is 0 Å². The van der Waals surface area contributed by atoms with Gasteiger partial charge in [0.05, 0.1) is 27.8 Å². The summed E-state index contributed by atoms with van der Waals surface area (Å²) in [4.78, 5) is 4.81. The third-order valence-corrected chi connectivity index (χ3v) is 26.8. The zero-order chi connectivity index (χ0) is 77.0. The number of para-hydroxylation sites is 3. The molecule has 0 atom stereocenters. The fourth-order valence-electron chi connectivity index (χ4n) is 20.3. The molecule has 0 aliphatic heterocycles. The highest BCUT2D eigenvalue weighted by Gasteiger charge is 2.24. The van der Waals surface area contributed by atoms with Gasteiger partial charge in [0.15, 0.2) is 0 Å². The van der Waals surface area contributed by atoms with Gasteiger partial charge >= 0.3 is 0 Å². The summed E-state index contributed by atoms with van der Waals surface area (Å²) < 4.78 is 14.3. The van der Waals surface area contributed by atoms with Crippen LogP contribution in [0, 0.1) is 0 Å². The van der Waals surface area contributed by atoms with Gasteiger partial charge in [0.2, 0.25) is 0 Å². The Morgan fingerprint density at radius 2 is 0.644 bits per heavy atom. The highest BCUT2D eigenvalue weighted by atomic mass is 32.1. The van der Waals surface area contributed by atoms with Gasteiger partial charge in [-0.2, -0.15) is 0 Å². The number of hydrogen-bond donors (Lipinski definition) is 0. The van der Waals surface area contributed by atoms with Crippen LogP contribution in [-0.2, 0) is 0 Å². The first-order chi connectivity index (χ1) is 58.5. The molecule has 544 valence electrons. The summed E-state index contributed by atoms with van der Waals surface area (Å²) in [5, 5.41) is 37.7. The van der Waals surface area contributed by atoms with Crippen LogP contribution in [0.2, 0.25) is 0 Å². The lowest BCUT2D eigenvalue weighted by molar-refractivity contribution is 0.670. The molecule has 5 aromatic heterocycles. The highest BCUT2D eigenvalue weighted by Crippen LogP contribution is 2.49. The zero-order valence-corrected chi connectivity index (χ0v) is 64.5. The molecule has 0 saturated carbocycles. The molecular formula is C113H65N3OS. The number of pyridine rings is 1. The van der Waals surface area contributed by atoms with Crippen molar-refractivity contribution in [3.63, 3.8) is 0 Å². The maximum absolute atomic E-state index is 6.84. The first-order valence-electron chi connectivity index (χ1n) is 40.6. The molecule has 0 aliphatic carbocycles. The van der Waals surface area contributed by atoms with E-state index in [1.54, 1.807) is 0 Å². The number of fused-ring (bicyclic) bond motifs is 27. The highest BCUT2D eigenvalue weighted by molar-refractivity contribution is 7.26. The topological polar surface area (TPSA) is 35.9 Å². The van der Waals surface area contributed by atoms with E-state index in [4.69, 9.17) is 9.40 Å². The van der Waals surface area contributed by atoms with Crippen molar-refractivity contribution < 1.29 is 4.42 Å². The Hall–Kier alpha value is -15.3. The quantitative estimate of drug-likeness (QED) is 0.156. The second-order valence-electron chi connectivity index (χ2n) is 31.9. The minimum atomic E-state index is 0.860. The van der Waals surface area contributed by atoms with Gasteiger partial charge in [-0.15, -0.1) is 11.3 Å². The third kappa shape index (κ3) is 9.68. The van der Waals surface area contributed by atoms with Crippen LogP contribution in [0.5, 0.6) is 0 Å². The van der Waals surface area contributed by atoms with Crippen LogP contribution in [0.15, 0.2) is 399 Å². The summed E-state index contributed by atoms with van der Waals surface area (Å²) in [5.41, 5.74) is 18.2. The van der Waals surface area contributed by atoms with Gasteiger partial charge in [0.1, 0.15) is 11.2 Å². The minimum absolute atomic E-state index is 0.860. The van der Waals surface area contributed by atoms with Gasteiger partial charge in [0.25, 0.3) is 0 Å². The first-order valence-corrected chi connectivity index (χ1v) is 41.4. The number of benzene rings is 22. The number of nitrogens with zero attached hydrogens (tertiary/aromatic N) is 3. The fraction of sp³-hybridized carbons (Fsp3) is 0. The van der Waals surface area contributed by atoms with Crippen LogP contribution in [0.25, 0.3) is 260 Å². The van der Waals surface area contributed by atoms with E-state index >= 15 is 0 Å². The summed E-state index contributed by atoms with van der Waals surface area (Å²) in [5.74, 6) is 0. The molecule has 5 heterocycles. The number of hydrogen-bond acceptors (Lipinski definition) is 3. The second kappa shape index (κ2) is 25.1. The van der Waals surface area contributed by atoms with E-state index in [1.807, 2.05) is 23.7 Å². The molecule has 27 aromatic rings. The van der Waals surface area contributed by atoms with E-state index in [-0.39, 0.29) is 0 Å². The van der Waals surface area contributed by atoms with Crippen LogP contribution < -0.4 is 0 Å². The lowest BCUT2D eigenvalue weighted by Gasteiger charge is -2.16. The number of furan rings is 1. The molecule has 5 heteroatoms. The fourth-order valence-corrected chi connectivity index (χ4v) is 21.4. The Balaban J connectivity index is 0.000000130. The molecule has 0 radical (unpaired) electrons. The number of thiophene rings is 1. The van der Waals surface area contributed by atoms with Crippen LogP contribution >= 0.6 is 11.3 Å². The van der Waals surface area contributed by atoms with Crippen LogP contribution in [0.4, 0.5) is 0 Å². The molecule has 4 nitrogen and oxygen atoms in total. The third-order valence-electron chi connectivity index (χ3n) is 25.7. The largest absolute Gasteiger partial charge is 0.455 e. The number of aromatic nitrogens is 3. The lowest BCUT2D eigenvalue weighted by atomic mass is 9.91. The average Bonchev–Trinajstić information content (AvgIpc) is 1.50. The van der Waals surface area contributed by atoms with E-state index in [9.17, 15) is 0 Å². The molecule has 0 spiro atoms. The van der Waals surface area contributed by atoms with Crippen molar-refractivity contribution in [3.8, 4) is 55.9 Å². The Morgan fingerprint density at radius 1 is 0.212 bits per heavy atom. The molecular weight excluding hydrogens is 1450 g/mol. The van der Waals surface area contributed by atoms with Crippen molar-refractivity contribution in [2.24, 2.45) is 0 Å². The predicted molar refractivity (Wildman–Crippen MR) is 505 cm³/mol. The molecule has 0 unspecified atom stereocenters. The second-order valence-corrected chi connectivity index (χ2v) is 33.0. The Kier molecular flexibility index (Phi) is 13.9. The molecule has 0 amide bonds. The molecule has 118 heavy (non-hydrogen) atoms. The summed E-state index contributed by atoms with van der Waals surface area (Å²) in [6.07, 6.45) is 3.91.